The van der Waals surface area contributed by atoms with Crippen LogP contribution in [0.3, 0.4) is 0 Å². The Hall–Kier alpha value is -0.760. The van der Waals surface area contributed by atoms with Crippen molar-refractivity contribution in [2.45, 2.75) is 32.3 Å². The van der Waals surface area contributed by atoms with Crippen molar-refractivity contribution >= 4 is 0 Å². The Labute approximate surface area is 86.0 Å². The molecule has 1 heterocycles. The second-order valence-corrected chi connectivity index (χ2v) is 4.37. The zero-order valence-corrected chi connectivity index (χ0v) is 8.97. The summed E-state index contributed by atoms with van der Waals surface area (Å²) in [6.45, 7) is 6.31. The van der Waals surface area contributed by atoms with E-state index in [1.165, 1.54) is 5.57 Å². The van der Waals surface area contributed by atoms with Crippen molar-refractivity contribution < 1.29 is 4.74 Å². The van der Waals surface area contributed by atoms with Gasteiger partial charge in [-0.15, -0.1) is 0 Å². The first-order chi connectivity index (χ1) is 6.70. The topological polar surface area (TPSA) is 21.3 Å². The lowest BCUT2D eigenvalue weighted by Gasteiger charge is -2.28. The van der Waals surface area contributed by atoms with Gasteiger partial charge in [0.2, 0.25) is 0 Å². The second-order valence-electron chi connectivity index (χ2n) is 4.37. The van der Waals surface area contributed by atoms with Gasteiger partial charge in [-0.25, -0.2) is 0 Å². The Morgan fingerprint density at radius 3 is 3.00 bits per heavy atom. The van der Waals surface area contributed by atoms with Gasteiger partial charge < -0.3 is 10.1 Å². The zero-order chi connectivity index (χ0) is 10.0. The van der Waals surface area contributed by atoms with Crippen LogP contribution in [0.2, 0.25) is 0 Å². The fraction of sp³-hybridized carbons (Fsp3) is 0.583. The molecule has 0 amide bonds. The average Bonchev–Trinajstić information content (AvgIpc) is 2.57. The molecule has 0 unspecified atom stereocenters. The molecule has 2 heteroatoms. The third-order valence-electron chi connectivity index (χ3n) is 2.88. The molecule has 1 atom stereocenters. The fourth-order valence-electron chi connectivity index (χ4n) is 1.93. The highest BCUT2D eigenvalue weighted by molar-refractivity contribution is 5.31. The van der Waals surface area contributed by atoms with Crippen LogP contribution in [0.15, 0.2) is 23.5 Å². The fourth-order valence-corrected chi connectivity index (χ4v) is 1.93. The van der Waals surface area contributed by atoms with Crippen LogP contribution in [0.1, 0.15) is 26.7 Å². The third-order valence-corrected chi connectivity index (χ3v) is 2.88. The Morgan fingerprint density at radius 1 is 1.50 bits per heavy atom. The molecule has 0 saturated carbocycles. The highest BCUT2D eigenvalue weighted by atomic mass is 16.5. The number of hydrogen-bond donors (Lipinski definition) is 1. The number of hydrogen-bond acceptors (Lipinski definition) is 2. The molecule has 0 spiro atoms. The van der Waals surface area contributed by atoms with E-state index < -0.39 is 0 Å². The van der Waals surface area contributed by atoms with Crippen LogP contribution >= 0.6 is 0 Å². The van der Waals surface area contributed by atoms with E-state index in [2.05, 4.69) is 37.7 Å². The minimum Gasteiger partial charge on any atom is -0.486 e. The van der Waals surface area contributed by atoms with Crippen molar-refractivity contribution in [2.24, 2.45) is 0 Å². The summed E-state index contributed by atoms with van der Waals surface area (Å²) >= 11 is 0. The molecule has 2 aliphatic rings. The van der Waals surface area contributed by atoms with E-state index in [0.29, 0.717) is 0 Å². The molecule has 0 aromatic rings. The van der Waals surface area contributed by atoms with Gasteiger partial charge in [0.25, 0.3) is 0 Å². The molecule has 0 aromatic carbocycles. The van der Waals surface area contributed by atoms with E-state index in [-0.39, 0.29) is 5.60 Å². The molecule has 1 aliphatic carbocycles. The van der Waals surface area contributed by atoms with E-state index in [0.717, 1.165) is 31.7 Å². The summed E-state index contributed by atoms with van der Waals surface area (Å²) in [4.78, 5) is 0. The Bertz CT molecular complexity index is 272. The quantitative estimate of drug-likeness (QED) is 0.724. The van der Waals surface area contributed by atoms with Crippen molar-refractivity contribution in [1.29, 1.82) is 0 Å². The van der Waals surface area contributed by atoms with Crippen LogP contribution in [-0.4, -0.2) is 18.7 Å². The van der Waals surface area contributed by atoms with E-state index in [9.17, 15) is 0 Å². The zero-order valence-electron chi connectivity index (χ0n) is 8.97. The van der Waals surface area contributed by atoms with Crippen LogP contribution in [-0.2, 0) is 4.74 Å². The van der Waals surface area contributed by atoms with Crippen molar-refractivity contribution in [1.82, 2.24) is 5.32 Å². The Balaban J connectivity index is 2.03. The largest absolute Gasteiger partial charge is 0.486 e. The van der Waals surface area contributed by atoms with Crippen molar-refractivity contribution in [3.8, 4) is 0 Å². The highest BCUT2D eigenvalue weighted by Crippen LogP contribution is 2.28. The lowest BCUT2D eigenvalue weighted by molar-refractivity contribution is 0.0402. The maximum atomic E-state index is 6.06. The number of nitrogens with one attached hydrogen (secondary N) is 1. The first kappa shape index (κ1) is 9.78. The van der Waals surface area contributed by atoms with Gasteiger partial charge in [-0.05, 0) is 44.9 Å². The van der Waals surface area contributed by atoms with Gasteiger partial charge in [-0.2, -0.15) is 0 Å². The van der Waals surface area contributed by atoms with Crippen LogP contribution in [0.25, 0.3) is 0 Å². The van der Waals surface area contributed by atoms with Gasteiger partial charge in [0.1, 0.15) is 11.4 Å². The van der Waals surface area contributed by atoms with Crippen LogP contribution in [0.5, 0.6) is 0 Å². The summed E-state index contributed by atoms with van der Waals surface area (Å²) < 4.78 is 6.06. The SMILES string of the molecule is CC1=C[CH]CC=C1O[C@]1(C)CCNC1. The molecule has 1 aliphatic heterocycles. The summed E-state index contributed by atoms with van der Waals surface area (Å²) in [5.41, 5.74) is 1.24. The smallest absolute Gasteiger partial charge is 0.120 e. The predicted molar refractivity (Wildman–Crippen MR) is 57.7 cm³/mol. The van der Waals surface area contributed by atoms with Crippen molar-refractivity contribution in [3.05, 3.63) is 29.9 Å². The molecule has 0 bridgehead atoms. The molecule has 1 saturated heterocycles. The Morgan fingerprint density at radius 2 is 2.36 bits per heavy atom. The first-order valence-electron chi connectivity index (χ1n) is 5.30. The molecule has 14 heavy (non-hydrogen) atoms. The van der Waals surface area contributed by atoms with Crippen LogP contribution < -0.4 is 5.32 Å². The molecule has 0 aromatic heterocycles. The van der Waals surface area contributed by atoms with E-state index in [1.807, 2.05) is 0 Å². The van der Waals surface area contributed by atoms with E-state index in [1.54, 1.807) is 0 Å². The normalized spacial score (nSPS) is 32.4. The Kier molecular flexibility index (Phi) is 2.64. The second kappa shape index (κ2) is 3.77. The molecule has 1 radical (unpaired) electrons. The molecular weight excluding hydrogens is 174 g/mol. The first-order valence-corrected chi connectivity index (χ1v) is 5.30. The summed E-state index contributed by atoms with van der Waals surface area (Å²) in [6, 6.07) is 0. The molecule has 77 valence electrons. The van der Waals surface area contributed by atoms with Gasteiger partial charge in [0, 0.05) is 13.0 Å². The van der Waals surface area contributed by atoms with Crippen LogP contribution in [0, 0.1) is 6.42 Å². The molecule has 2 rings (SSSR count). The van der Waals surface area contributed by atoms with Gasteiger partial charge in [0.15, 0.2) is 0 Å². The predicted octanol–water partition coefficient (Wildman–Crippen LogP) is 2.19. The number of allylic oxidation sites excluding steroid dienone is 3. The highest BCUT2D eigenvalue weighted by Gasteiger charge is 2.31. The molecule has 1 N–H and O–H groups in total. The van der Waals surface area contributed by atoms with Crippen molar-refractivity contribution in [2.75, 3.05) is 13.1 Å². The number of rotatable bonds is 2. The lowest BCUT2D eigenvalue weighted by Crippen LogP contribution is -2.31. The van der Waals surface area contributed by atoms with Gasteiger partial charge >= 0.3 is 0 Å². The summed E-state index contributed by atoms with van der Waals surface area (Å²) in [5, 5.41) is 3.34. The third kappa shape index (κ3) is 2.01. The number of ether oxygens (including phenoxy) is 1. The minimum absolute atomic E-state index is 0.00171. The summed E-state index contributed by atoms with van der Waals surface area (Å²) in [5.74, 6) is 1.07. The van der Waals surface area contributed by atoms with E-state index >= 15 is 0 Å². The van der Waals surface area contributed by atoms with Crippen molar-refractivity contribution in [3.63, 3.8) is 0 Å². The maximum absolute atomic E-state index is 6.06. The molecular formula is C12H18NO. The monoisotopic (exact) mass is 192 g/mol. The van der Waals surface area contributed by atoms with Crippen LogP contribution in [0.4, 0.5) is 0 Å². The maximum Gasteiger partial charge on any atom is 0.120 e. The molecule has 1 fully saturated rings. The average molecular weight is 192 g/mol. The molecule has 2 nitrogen and oxygen atoms in total. The lowest BCUT2D eigenvalue weighted by atomic mass is 10.0. The van der Waals surface area contributed by atoms with E-state index in [4.69, 9.17) is 4.74 Å². The van der Waals surface area contributed by atoms with Gasteiger partial charge in [0.05, 0.1) is 0 Å². The minimum atomic E-state index is -0.00171. The summed E-state index contributed by atoms with van der Waals surface area (Å²) in [6.07, 6.45) is 8.56. The van der Waals surface area contributed by atoms with Gasteiger partial charge in [-0.3, -0.25) is 0 Å². The summed E-state index contributed by atoms with van der Waals surface area (Å²) in [7, 11) is 0. The van der Waals surface area contributed by atoms with Gasteiger partial charge in [-0.1, -0.05) is 6.08 Å². The standard InChI is InChI=1S/C12H18NO/c1-10-5-3-4-6-11(10)14-12(2)7-8-13-9-12/h3,5-6,13H,4,7-9H2,1-2H3/t12-/m1/s1.